The van der Waals surface area contributed by atoms with Crippen LogP contribution >= 0.6 is 8.58 Å². The van der Waals surface area contributed by atoms with Gasteiger partial charge in [-0.1, -0.05) is 58.0 Å². The lowest BCUT2D eigenvalue weighted by atomic mass is 10.0. The van der Waals surface area contributed by atoms with Crippen LogP contribution in [0.2, 0.25) is 0 Å². The van der Waals surface area contributed by atoms with Crippen molar-refractivity contribution in [3.8, 4) is 0 Å². The molecule has 0 aliphatic carbocycles. The van der Waals surface area contributed by atoms with Crippen LogP contribution in [0.25, 0.3) is 21.5 Å². The molecule has 0 bridgehead atoms. The van der Waals surface area contributed by atoms with Gasteiger partial charge in [0.25, 0.3) is 0 Å². The van der Waals surface area contributed by atoms with Crippen molar-refractivity contribution in [1.82, 2.24) is 0 Å². The maximum Gasteiger partial charge on any atom is -0.0103 e. The minimum absolute atomic E-state index is 0.912. The quantitative estimate of drug-likeness (QED) is 0.461. The summed E-state index contributed by atoms with van der Waals surface area (Å²) in [7, 11) is 0.912. The van der Waals surface area contributed by atoms with Gasteiger partial charge in [-0.25, -0.2) is 0 Å². The van der Waals surface area contributed by atoms with Crippen LogP contribution in [0.15, 0.2) is 54.6 Å². The van der Waals surface area contributed by atoms with Gasteiger partial charge in [0, 0.05) is 0 Å². The van der Waals surface area contributed by atoms with Crippen LogP contribution in [0.4, 0.5) is 0 Å². The molecular weight excluding hydrogens is 223 g/mol. The van der Waals surface area contributed by atoms with Crippen LogP contribution in [-0.4, -0.2) is 6.16 Å². The van der Waals surface area contributed by atoms with Crippen LogP contribution in [0.3, 0.4) is 0 Å². The summed E-state index contributed by atoms with van der Waals surface area (Å²) in [6, 6.07) is 19.9. The van der Waals surface area contributed by atoms with E-state index in [1.54, 1.807) is 0 Å². The average molecular weight is 238 g/mol. The number of hydrogen-bond donors (Lipinski definition) is 0. The first kappa shape index (κ1) is 10.7. The highest BCUT2D eigenvalue weighted by atomic mass is 31.1. The Hall–Kier alpha value is -1.39. The van der Waals surface area contributed by atoms with Crippen LogP contribution in [0.1, 0.15) is 6.92 Å². The fraction of sp³-hybridized carbons (Fsp3) is 0.125. The zero-order valence-electron chi connectivity index (χ0n) is 9.90. The number of benzene rings is 3. The molecule has 17 heavy (non-hydrogen) atoms. The average Bonchev–Trinajstić information content (AvgIpc) is 2.37. The third kappa shape index (κ3) is 1.94. The minimum Gasteiger partial charge on any atom is -0.0900 e. The Morgan fingerprint density at radius 2 is 1.53 bits per heavy atom. The zero-order valence-corrected chi connectivity index (χ0v) is 10.9. The van der Waals surface area contributed by atoms with Gasteiger partial charge in [0.05, 0.1) is 0 Å². The SMILES string of the molecule is CCPc1cccc2cc3ccccc3cc12. The summed E-state index contributed by atoms with van der Waals surface area (Å²) >= 11 is 0. The smallest absolute Gasteiger partial charge is 0.0103 e. The molecule has 0 aliphatic rings. The second-order valence-corrected chi connectivity index (χ2v) is 5.86. The molecule has 3 rings (SSSR count). The van der Waals surface area contributed by atoms with Crippen molar-refractivity contribution in [3.63, 3.8) is 0 Å². The molecule has 0 radical (unpaired) electrons. The molecule has 0 nitrogen and oxygen atoms in total. The fourth-order valence-corrected chi connectivity index (χ4v) is 3.31. The molecule has 1 atom stereocenters. The predicted octanol–water partition coefficient (Wildman–Crippen LogP) is 4.32. The first-order chi connectivity index (χ1) is 8.38. The van der Waals surface area contributed by atoms with E-state index in [4.69, 9.17) is 0 Å². The topological polar surface area (TPSA) is 0 Å². The Balaban J connectivity index is 2.35. The highest BCUT2D eigenvalue weighted by Gasteiger charge is 2.01. The molecule has 0 heterocycles. The van der Waals surface area contributed by atoms with Gasteiger partial charge in [-0.05, 0) is 45.1 Å². The summed E-state index contributed by atoms with van der Waals surface area (Å²) in [4.78, 5) is 0. The lowest BCUT2D eigenvalue weighted by molar-refractivity contribution is 1.52. The molecule has 1 unspecified atom stereocenters. The lowest BCUT2D eigenvalue weighted by Crippen LogP contribution is -1.96. The summed E-state index contributed by atoms with van der Waals surface area (Å²) in [5.41, 5.74) is 0. The zero-order chi connectivity index (χ0) is 11.7. The molecule has 0 aliphatic heterocycles. The second kappa shape index (κ2) is 4.47. The summed E-state index contributed by atoms with van der Waals surface area (Å²) < 4.78 is 0. The predicted molar refractivity (Wildman–Crippen MR) is 79.9 cm³/mol. The molecule has 84 valence electrons. The molecule has 0 aromatic heterocycles. The van der Waals surface area contributed by atoms with E-state index in [2.05, 4.69) is 61.5 Å². The maximum atomic E-state index is 2.34. The molecule has 0 fully saturated rings. The van der Waals surface area contributed by atoms with E-state index < -0.39 is 0 Å². The molecule has 1 heteroatoms. The monoisotopic (exact) mass is 238 g/mol. The Morgan fingerprint density at radius 1 is 0.824 bits per heavy atom. The van der Waals surface area contributed by atoms with E-state index in [9.17, 15) is 0 Å². The Bertz CT molecular complexity index is 670. The highest BCUT2D eigenvalue weighted by molar-refractivity contribution is 7.47. The van der Waals surface area contributed by atoms with Gasteiger partial charge in [-0.3, -0.25) is 0 Å². The molecule has 0 saturated carbocycles. The normalized spacial score (nSPS) is 11.8. The second-order valence-electron chi connectivity index (χ2n) is 4.26. The maximum absolute atomic E-state index is 2.34. The van der Waals surface area contributed by atoms with Gasteiger partial charge >= 0.3 is 0 Å². The molecule has 0 N–H and O–H groups in total. The lowest BCUT2D eigenvalue weighted by Gasteiger charge is -2.07. The molecule has 3 aromatic carbocycles. The van der Waals surface area contributed by atoms with Crippen molar-refractivity contribution in [2.75, 3.05) is 6.16 Å². The van der Waals surface area contributed by atoms with E-state index in [-0.39, 0.29) is 0 Å². The van der Waals surface area contributed by atoms with Crippen LogP contribution in [0, 0.1) is 0 Å². The highest BCUT2D eigenvalue weighted by Crippen LogP contribution is 2.25. The fourth-order valence-electron chi connectivity index (χ4n) is 2.31. The summed E-state index contributed by atoms with van der Waals surface area (Å²) in [6.45, 7) is 2.25. The minimum atomic E-state index is 0.912. The van der Waals surface area contributed by atoms with Crippen LogP contribution in [-0.2, 0) is 0 Å². The number of hydrogen-bond acceptors (Lipinski definition) is 0. The summed E-state index contributed by atoms with van der Waals surface area (Å²) in [5, 5.41) is 6.95. The van der Waals surface area contributed by atoms with Gasteiger partial charge in [0.2, 0.25) is 0 Å². The Morgan fingerprint density at radius 3 is 2.29 bits per heavy atom. The molecule has 0 saturated heterocycles. The summed E-state index contributed by atoms with van der Waals surface area (Å²) in [6.07, 6.45) is 1.23. The van der Waals surface area contributed by atoms with Gasteiger partial charge < -0.3 is 0 Å². The molecular formula is C16H15P. The van der Waals surface area contributed by atoms with E-state index in [0.717, 1.165) is 8.58 Å². The van der Waals surface area contributed by atoms with Gasteiger partial charge in [-0.2, -0.15) is 0 Å². The van der Waals surface area contributed by atoms with E-state index in [1.807, 2.05) is 0 Å². The van der Waals surface area contributed by atoms with Crippen molar-refractivity contribution in [2.45, 2.75) is 6.92 Å². The first-order valence-corrected chi connectivity index (χ1v) is 7.24. The van der Waals surface area contributed by atoms with Crippen LogP contribution in [0.5, 0.6) is 0 Å². The van der Waals surface area contributed by atoms with Crippen molar-refractivity contribution in [1.29, 1.82) is 0 Å². The van der Waals surface area contributed by atoms with Crippen molar-refractivity contribution < 1.29 is 0 Å². The van der Waals surface area contributed by atoms with Crippen molar-refractivity contribution >= 4 is 35.4 Å². The first-order valence-electron chi connectivity index (χ1n) is 6.04. The standard InChI is InChI=1S/C16H15P/c1-2-17-16-9-5-8-14-10-12-6-3-4-7-13(12)11-15(14)16/h3-11,17H,2H2,1H3. The Kier molecular flexibility index (Phi) is 2.82. The van der Waals surface area contributed by atoms with E-state index >= 15 is 0 Å². The Labute approximate surface area is 103 Å². The largest absolute Gasteiger partial charge is 0.0900 e. The number of rotatable bonds is 2. The summed E-state index contributed by atoms with van der Waals surface area (Å²) in [5.74, 6) is 0. The number of fused-ring (bicyclic) bond motifs is 2. The van der Waals surface area contributed by atoms with Gasteiger partial charge in [0.1, 0.15) is 0 Å². The van der Waals surface area contributed by atoms with Gasteiger partial charge in [0.15, 0.2) is 0 Å². The van der Waals surface area contributed by atoms with Crippen molar-refractivity contribution in [2.24, 2.45) is 0 Å². The molecule has 0 amide bonds. The van der Waals surface area contributed by atoms with Crippen molar-refractivity contribution in [3.05, 3.63) is 54.6 Å². The van der Waals surface area contributed by atoms with Crippen LogP contribution < -0.4 is 5.30 Å². The van der Waals surface area contributed by atoms with E-state index in [1.165, 1.54) is 33.0 Å². The molecule has 3 aromatic rings. The third-order valence-corrected chi connectivity index (χ3v) is 4.28. The third-order valence-electron chi connectivity index (χ3n) is 3.11. The molecule has 0 spiro atoms. The van der Waals surface area contributed by atoms with E-state index in [0.29, 0.717) is 0 Å². The van der Waals surface area contributed by atoms with Gasteiger partial charge in [-0.15, -0.1) is 0 Å².